The highest BCUT2D eigenvalue weighted by Crippen LogP contribution is 2.26. The van der Waals surface area contributed by atoms with Crippen LogP contribution in [0.4, 0.5) is 0 Å². The van der Waals surface area contributed by atoms with Gasteiger partial charge in [-0.25, -0.2) is 0 Å². The fourth-order valence-corrected chi connectivity index (χ4v) is 2.99. The second-order valence-corrected chi connectivity index (χ2v) is 6.37. The molecule has 2 rings (SSSR count). The molecule has 0 unspecified atom stereocenters. The molecule has 0 aliphatic carbocycles. The van der Waals surface area contributed by atoms with Gasteiger partial charge >= 0.3 is 0 Å². The summed E-state index contributed by atoms with van der Waals surface area (Å²) in [6, 6.07) is 10.1. The lowest BCUT2D eigenvalue weighted by atomic mass is 9.83. The molecule has 3 nitrogen and oxygen atoms in total. The van der Waals surface area contributed by atoms with Crippen molar-refractivity contribution in [1.29, 1.82) is 0 Å². The standard InChI is InChI=1S/C17H26N2O/c1-17(2,15-7-5-4-6-8-15)16(20)19(3)13-14-9-11-18-12-10-14/h4-8,14,18H,9-13H2,1-3H3. The molecule has 0 saturated carbocycles. The summed E-state index contributed by atoms with van der Waals surface area (Å²) in [5.41, 5.74) is 0.630. The van der Waals surface area contributed by atoms with E-state index in [-0.39, 0.29) is 5.91 Å². The molecule has 0 aromatic heterocycles. The van der Waals surface area contributed by atoms with Gasteiger partial charge in [-0.1, -0.05) is 30.3 Å². The number of rotatable bonds is 4. The van der Waals surface area contributed by atoms with Crippen molar-refractivity contribution in [3.05, 3.63) is 35.9 Å². The summed E-state index contributed by atoms with van der Waals surface area (Å²) < 4.78 is 0. The lowest BCUT2D eigenvalue weighted by Crippen LogP contribution is -2.44. The third-order valence-corrected chi connectivity index (χ3v) is 4.37. The Hall–Kier alpha value is -1.35. The molecule has 1 aliphatic heterocycles. The van der Waals surface area contributed by atoms with E-state index >= 15 is 0 Å². The Labute approximate surface area is 122 Å². The number of hydrogen-bond acceptors (Lipinski definition) is 2. The van der Waals surface area contributed by atoms with E-state index in [1.807, 2.05) is 56.1 Å². The minimum atomic E-state index is -0.455. The molecule has 1 fully saturated rings. The minimum Gasteiger partial charge on any atom is -0.345 e. The van der Waals surface area contributed by atoms with Crippen molar-refractivity contribution in [2.75, 3.05) is 26.7 Å². The molecular weight excluding hydrogens is 248 g/mol. The second-order valence-electron chi connectivity index (χ2n) is 6.37. The number of benzene rings is 1. The SMILES string of the molecule is CN(CC1CCNCC1)C(=O)C(C)(C)c1ccccc1. The van der Waals surface area contributed by atoms with Crippen LogP contribution in [0, 0.1) is 5.92 Å². The number of likely N-dealkylation sites (N-methyl/N-ethyl adjacent to an activating group) is 1. The van der Waals surface area contributed by atoms with E-state index in [9.17, 15) is 4.79 Å². The molecule has 1 amide bonds. The van der Waals surface area contributed by atoms with Gasteiger partial charge in [0.2, 0.25) is 5.91 Å². The first-order valence-corrected chi connectivity index (χ1v) is 7.53. The van der Waals surface area contributed by atoms with Crippen molar-refractivity contribution in [2.45, 2.75) is 32.1 Å². The zero-order valence-corrected chi connectivity index (χ0v) is 12.9. The van der Waals surface area contributed by atoms with E-state index in [4.69, 9.17) is 0 Å². The van der Waals surface area contributed by atoms with Crippen LogP contribution in [0.25, 0.3) is 0 Å². The Morgan fingerprint density at radius 1 is 1.25 bits per heavy atom. The normalized spacial score (nSPS) is 16.9. The number of carbonyl (C=O) groups excluding carboxylic acids is 1. The molecule has 0 atom stereocenters. The van der Waals surface area contributed by atoms with E-state index in [2.05, 4.69) is 5.32 Å². The highest BCUT2D eigenvalue weighted by atomic mass is 16.2. The van der Waals surface area contributed by atoms with Crippen LogP contribution in [-0.2, 0) is 10.2 Å². The number of amides is 1. The van der Waals surface area contributed by atoms with Crippen LogP contribution < -0.4 is 5.32 Å². The molecular formula is C17H26N2O. The van der Waals surface area contributed by atoms with Crippen molar-refractivity contribution in [3.63, 3.8) is 0 Å². The van der Waals surface area contributed by atoms with Crippen LogP contribution in [0.2, 0.25) is 0 Å². The highest BCUT2D eigenvalue weighted by Gasteiger charge is 2.33. The van der Waals surface area contributed by atoms with Gasteiger partial charge in [-0.3, -0.25) is 4.79 Å². The van der Waals surface area contributed by atoms with E-state index < -0.39 is 5.41 Å². The maximum absolute atomic E-state index is 12.7. The number of carbonyl (C=O) groups is 1. The Morgan fingerprint density at radius 3 is 2.45 bits per heavy atom. The fourth-order valence-electron chi connectivity index (χ4n) is 2.99. The molecule has 110 valence electrons. The molecule has 1 aromatic rings. The molecule has 1 saturated heterocycles. The molecule has 20 heavy (non-hydrogen) atoms. The fraction of sp³-hybridized carbons (Fsp3) is 0.588. The van der Waals surface area contributed by atoms with Crippen LogP contribution in [0.3, 0.4) is 0 Å². The van der Waals surface area contributed by atoms with Gasteiger partial charge < -0.3 is 10.2 Å². The highest BCUT2D eigenvalue weighted by molar-refractivity contribution is 5.87. The lowest BCUT2D eigenvalue weighted by Gasteiger charge is -2.33. The molecule has 1 aromatic carbocycles. The third kappa shape index (κ3) is 3.40. The van der Waals surface area contributed by atoms with Gasteiger partial charge in [-0.05, 0) is 51.3 Å². The molecule has 1 N–H and O–H groups in total. The van der Waals surface area contributed by atoms with Gasteiger partial charge in [-0.15, -0.1) is 0 Å². The van der Waals surface area contributed by atoms with Crippen molar-refractivity contribution in [3.8, 4) is 0 Å². The Bertz CT molecular complexity index is 436. The van der Waals surface area contributed by atoms with Crippen molar-refractivity contribution >= 4 is 5.91 Å². The maximum Gasteiger partial charge on any atom is 0.232 e. The van der Waals surface area contributed by atoms with Gasteiger partial charge in [0.15, 0.2) is 0 Å². The number of nitrogens with one attached hydrogen (secondary N) is 1. The number of piperidine rings is 1. The average molecular weight is 274 g/mol. The van der Waals surface area contributed by atoms with Gasteiger partial charge in [0.25, 0.3) is 0 Å². The van der Waals surface area contributed by atoms with E-state index in [0.29, 0.717) is 5.92 Å². The minimum absolute atomic E-state index is 0.210. The number of hydrogen-bond donors (Lipinski definition) is 1. The third-order valence-electron chi connectivity index (χ3n) is 4.37. The summed E-state index contributed by atoms with van der Waals surface area (Å²) >= 11 is 0. The number of nitrogens with zero attached hydrogens (tertiary/aromatic N) is 1. The summed E-state index contributed by atoms with van der Waals surface area (Å²) in [4.78, 5) is 14.7. The van der Waals surface area contributed by atoms with Crippen molar-refractivity contribution in [2.24, 2.45) is 5.92 Å². The molecule has 1 heterocycles. The Morgan fingerprint density at radius 2 is 1.85 bits per heavy atom. The van der Waals surface area contributed by atoms with Crippen LogP contribution in [-0.4, -0.2) is 37.5 Å². The van der Waals surface area contributed by atoms with Crippen LogP contribution in [0.5, 0.6) is 0 Å². The predicted molar refractivity (Wildman–Crippen MR) is 82.7 cm³/mol. The first-order valence-electron chi connectivity index (χ1n) is 7.53. The molecule has 1 aliphatic rings. The smallest absolute Gasteiger partial charge is 0.232 e. The zero-order chi connectivity index (χ0) is 14.6. The van der Waals surface area contributed by atoms with Crippen molar-refractivity contribution < 1.29 is 4.79 Å². The summed E-state index contributed by atoms with van der Waals surface area (Å²) in [6.45, 7) is 7.06. The largest absolute Gasteiger partial charge is 0.345 e. The Balaban J connectivity index is 2.01. The molecule has 0 radical (unpaired) electrons. The van der Waals surface area contributed by atoms with Gasteiger partial charge in [0.05, 0.1) is 5.41 Å². The lowest BCUT2D eigenvalue weighted by molar-refractivity contribution is -0.135. The van der Waals surface area contributed by atoms with Gasteiger partial charge in [0.1, 0.15) is 0 Å². The van der Waals surface area contributed by atoms with Gasteiger partial charge in [-0.2, -0.15) is 0 Å². The second kappa shape index (κ2) is 6.40. The van der Waals surface area contributed by atoms with Gasteiger partial charge in [0, 0.05) is 13.6 Å². The van der Waals surface area contributed by atoms with E-state index in [0.717, 1.165) is 25.2 Å². The first-order chi connectivity index (χ1) is 9.51. The van der Waals surface area contributed by atoms with E-state index in [1.165, 1.54) is 12.8 Å². The average Bonchev–Trinajstić information content (AvgIpc) is 2.48. The summed E-state index contributed by atoms with van der Waals surface area (Å²) in [5, 5.41) is 3.37. The quantitative estimate of drug-likeness (QED) is 0.914. The van der Waals surface area contributed by atoms with Crippen LogP contribution >= 0.6 is 0 Å². The maximum atomic E-state index is 12.7. The topological polar surface area (TPSA) is 32.3 Å². The zero-order valence-electron chi connectivity index (χ0n) is 12.9. The summed E-state index contributed by atoms with van der Waals surface area (Å²) in [5.74, 6) is 0.846. The first kappa shape index (κ1) is 15.0. The van der Waals surface area contributed by atoms with Crippen LogP contribution in [0.15, 0.2) is 30.3 Å². The molecule has 0 spiro atoms. The predicted octanol–water partition coefficient (Wildman–Crippen LogP) is 2.42. The molecule has 3 heteroatoms. The monoisotopic (exact) mass is 274 g/mol. The molecule has 0 bridgehead atoms. The Kier molecular flexibility index (Phi) is 4.81. The van der Waals surface area contributed by atoms with Crippen LogP contribution in [0.1, 0.15) is 32.3 Å². The van der Waals surface area contributed by atoms with E-state index in [1.54, 1.807) is 0 Å². The summed E-state index contributed by atoms with van der Waals surface area (Å²) in [6.07, 6.45) is 2.34. The summed E-state index contributed by atoms with van der Waals surface area (Å²) in [7, 11) is 1.94. The van der Waals surface area contributed by atoms with Crippen molar-refractivity contribution in [1.82, 2.24) is 10.2 Å².